The molecule has 1 aromatic rings. The maximum atomic E-state index is 10.4. The van der Waals surface area contributed by atoms with Crippen molar-refractivity contribution >= 4 is 12.0 Å². The average molecular weight is 261 g/mol. The van der Waals surface area contributed by atoms with Gasteiger partial charge in [0.2, 0.25) is 0 Å². The first-order valence-electron chi connectivity index (χ1n) is 6.49. The monoisotopic (exact) mass is 261 g/mol. The zero-order valence-corrected chi connectivity index (χ0v) is 11.1. The number of ether oxygens (including phenoxy) is 1. The molecule has 1 N–H and O–H groups in total. The Labute approximate surface area is 113 Å². The lowest BCUT2D eigenvalue weighted by Crippen LogP contribution is -2.30. The summed E-state index contributed by atoms with van der Waals surface area (Å²) in [7, 11) is 2.13. The average Bonchev–Trinajstić information content (AvgIpc) is 2.81. The first kappa shape index (κ1) is 13.6. The van der Waals surface area contributed by atoms with Crippen LogP contribution in [0.3, 0.4) is 0 Å². The summed E-state index contributed by atoms with van der Waals surface area (Å²) >= 11 is 0. The summed E-state index contributed by atoms with van der Waals surface area (Å²) in [5.41, 5.74) is 0.854. The number of aliphatic carboxylic acids is 1. The van der Waals surface area contributed by atoms with Gasteiger partial charge in [-0.3, -0.25) is 0 Å². The van der Waals surface area contributed by atoms with Gasteiger partial charge in [-0.1, -0.05) is 12.1 Å². The van der Waals surface area contributed by atoms with Crippen LogP contribution in [0.4, 0.5) is 0 Å². The van der Waals surface area contributed by atoms with Crippen molar-refractivity contribution in [2.24, 2.45) is 0 Å². The van der Waals surface area contributed by atoms with Crippen LogP contribution >= 0.6 is 0 Å². The molecule has 0 aliphatic carbocycles. The molecule has 1 aliphatic rings. The van der Waals surface area contributed by atoms with Gasteiger partial charge in [-0.15, -0.1) is 0 Å². The van der Waals surface area contributed by atoms with E-state index in [4.69, 9.17) is 9.84 Å². The fourth-order valence-corrected chi connectivity index (χ4v) is 2.22. The molecule has 0 saturated carbocycles. The van der Waals surface area contributed by atoms with Gasteiger partial charge in [0.15, 0.2) is 0 Å². The molecule has 1 aromatic carbocycles. The minimum absolute atomic E-state index is 0.506. The summed E-state index contributed by atoms with van der Waals surface area (Å²) in [6.45, 7) is 1.85. The highest BCUT2D eigenvalue weighted by Crippen LogP contribution is 2.18. The normalized spacial score (nSPS) is 19.9. The molecule has 4 heteroatoms. The molecule has 0 bridgehead atoms. The number of likely N-dealkylation sites (N-methyl/N-ethyl adjacent to an activating group) is 1. The zero-order chi connectivity index (χ0) is 13.7. The second-order valence-electron chi connectivity index (χ2n) is 4.83. The molecule has 0 aromatic heterocycles. The molecular formula is C15H19NO3. The molecule has 1 saturated heterocycles. The van der Waals surface area contributed by atoms with Crippen molar-refractivity contribution in [2.75, 3.05) is 20.2 Å². The van der Waals surface area contributed by atoms with Gasteiger partial charge in [-0.2, -0.15) is 0 Å². The van der Waals surface area contributed by atoms with Gasteiger partial charge in [-0.25, -0.2) is 4.79 Å². The number of likely N-dealkylation sites (tertiary alicyclic amines) is 1. The Morgan fingerprint density at radius 1 is 1.47 bits per heavy atom. The topological polar surface area (TPSA) is 49.8 Å². The smallest absolute Gasteiger partial charge is 0.328 e. The number of carboxylic acids is 1. The van der Waals surface area contributed by atoms with Crippen LogP contribution in [0.15, 0.2) is 30.3 Å². The number of nitrogens with zero attached hydrogens (tertiary/aromatic N) is 1. The van der Waals surface area contributed by atoms with Gasteiger partial charge in [-0.05, 0) is 50.2 Å². The third-order valence-electron chi connectivity index (χ3n) is 3.41. The Morgan fingerprint density at radius 2 is 2.21 bits per heavy atom. The van der Waals surface area contributed by atoms with Gasteiger partial charge in [0.05, 0.1) is 0 Å². The number of benzene rings is 1. The van der Waals surface area contributed by atoms with Crippen LogP contribution in [-0.2, 0) is 4.79 Å². The van der Waals surface area contributed by atoms with Gasteiger partial charge in [0.1, 0.15) is 12.4 Å². The molecule has 19 heavy (non-hydrogen) atoms. The van der Waals surface area contributed by atoms with Crippen molar-refractivity contribution in [3.63, 3.8) is 0 Å². The summed E-state index contributed by atoms with van der Waals surface area (Å²) in [4.78, 5) is 12.7. The Morgan fingerprint density at radius 3 is 2.79 bits per heavy atom. The summed E-state index contributed by atoms with van der Waals surface area (Å²) in [5, 5.41) is 8.54. The molecule has 4 nitrogen and oxygen atoms in total. The highest BCUT2D eigenvalue weighted by Gasteiger charge is 2.21. The van der Waals surface area contributed by atoms with Gasteiger partial charge in [0.25, 0.3) is 0 Å². The van der Waals surface area contributed by atoms with Crippen LogP contribution in [0.25, 0.3) is 6.08 Å². The van der Waals surface area contributed by atoms with Crippen molar-refractivity contribution in [3.05, 3.63) is 35.9 Å². The summed E-state index contributed by atoms with van der Waals surface area (Å²) in [6, 6.07) is 7.96. The van der Waals surface area contributed by atoms with E-state index < -0.39 is 5.97 Å². The maximum absolute atomic E-state index is 10.4. The maximum Gasteiger partial charge on any atom is 0.328 e. The Kier molecular flexibility index (Phi) is 4.58. The lowest BCUT2D eigenvalue weighted by molar-refractivity contribution is -0.131. The first-order chi connectivity index (χ1) is 9.15. The van der Waals surface area contributed by atoms with Crippen LogP contribution < -0.4 is 4.74 Å². The summed E-state index contributed by atoms with van der Waals surface area (Å²) < 4.78 is 5.76. The van der Waals surface area contributed by atoms with E-state index in [1.807, 2.05) is 24.3 Å². The summed E-state index contributed by atoms with van der Waals surface area (Å²) in [5.74, 6) is -0.114. The van der Waals surface area contributed by atoms with Gasteiger partial charge in [0, 0.05) is 12.1 Å². The standard InChI is InChI=1S/C15H19NO3/c1-16-10-2-3-13(16)11-19-14-7-4-12(5-8-14)6-9-15(17)18/h4-9,13H,2-3,10-11H2,1H3,(H,17,18)/b9-6+. The van der Waals surface area contributed by atoms with E-state index in [0.29, 0.717) is 12.6 Å². The molecule has 102 valence electrons. The fourth-order valence-electron chi connectivity index (χ4n) is 2.22. The molecule has 1 fully saturated rings. The van der Waals surface area contributed by atoms with E-state index in [9.17, 15) is 4.79 Å². The van der Waals surface area contributed by atoms with Gasteiger partial charge >= 0.3 is 5.97 Å². The van der Waals surface area contributed by atoms with Crippen molar-refractivity contribution < 1.29 is 14.6 Å². The van der Waals surface area contributed by atoms with Crippen LogP contribution in [0.1, 0.15) is 18.4 Å². The zero-order valence-electron chi connectivity index (χ0n) is 11.1. The molecule has 0 spiro atoms. The minimum atomic E-state index is -0.940. The lowest BCUT2D eigenvalue weighted by Gasteiger charge is -2.19. The van der Waals surface area contributed by atoms with E-state index in [2.05, 4.69) is 11.9 Å². The number of hydrogen-bond donors (Lipinski definition) is 1. The quantitative estimate of drug-likeness (QED) is 0.826. The third kappa shape index (κ3) is 4.10. The van der Waals surface area contributed by atoms with E-state index in [-0.39, 0.29) is 0 Å². The molecule has 1 heterocycles. The number of hydrogen-bond acceptors (Lipinski definition) is 3. The van der Waals surface area contributed by atoms with E-state index >= 15 is 0 Å². The second kappa shape index (κ2) is 6.38. The van der Waals surface area contributed by atoms with E-state index in [0.717, 1.165) is 23.9 Å². The third-order valence-corrected chi connectivity index (χ3v) is 3.41. The lowest BCUT2D eigenvalue weighted by atomic mass is 10.2. The van der Waals surface area contributed by atoms with Crippen molar-refractivity contribution in [1.82, 2.24) is 4.90 Å². The summed E-state index contributed by atoms with van der Waals surface area (Å²) in [6.07, 6.45) is 5.12. The highest BCUT2D eigenvalue weighted by molar-refractivity contribution is 5.85. The predicted molar refractivity (Wildman–Crippen MR) is 74.3 cm³/mol. The SMILES string of the molecule is CN1CCCC1COc1ccc(/C=C/C(=O)O)cc1. The van der Waals surface area contributed by atoms with Crippen LogP contribution in [-0.4, -0.2) is 42.2 Å². The first-order valence-corrected chi connectivity index (χ1v) is 6.49. The second-order valence-corrected chi connectivity index (χ2v) is 4.83. The van der Waals surface area contributed by atoms with Crippen LogP contribution in [0, 0.1) is 0 Å². The molecule has 1 atom stereocenters. The van der Waals surface area contributed by atoms with E-state index in [1.54, 1.807) is 6.08 Å². The largest absolute Gasteiger partial charge is 0.492 e. The molecule has 2 rings (SSSR count). The minimum Gasteiger partial charge on any atom is -0.492 e. The van der Waals surface area contributed by atoms with Crippen LogP contribution in [0.5, 0.6) is 5.75 Å². The van der Waals surface area contributed by atoms with Gasteiger partial charge < -0.3 is 14.7 Å². The molecule has 0 radical (unpaired) electrons. The Hall–Kier alpha value is -1.81. The Balaban J connectivity index is 1.86. The predicted octanol–water partition coefficient (Wildman–Crippen LogP) is 2.26. The number of rotatable bonds is 5. The molecular weight excluding hydrogens is 242 g/mol. The fraction of sp³-hybridized carbons (Fsp3) is 0.400. The number of carboxylic acid groups (broad SMARTS) is 1. The van der Waals surface area contributed by atoms with Crippen molar-refractivity contribution in [2.45, 2.75) is 18.9 Å². The molecule has 1 unspecified atom stereocenters. The molecule has 1 aliphatic heterocycles. The van der Waals surface area contributed by atoms with Crippen molar-refractivity contribution in [1.29, 1.82) is 0 Å². The highest BCUT2D eigenvalue weighted by atomic mass is 16.5. The Bertz CT molecular complexity index is 453. The van der Waals surface area contributed by atoms with Crippen molar-refractivity contribution in [3.8, 4) is 5.75 Å². The van der Waals surface area contributed by atoms with Crippen LogP contribution in [0.2, 0.25) is 0 Å². The number of carbonyl (C=O) groups is 1. The molecule has 0 amide bonds. The van der Waals surface area contributed by atoms with E-state index in [1.165, 1.54) is 12.8 Å².